The van der Waals surface area contributed by atoms with Crippen LogP contribution in [0.15, 0.2) is 18.6 Å². The number of hydrogen-bond acceptors (Lipinski definition) is 2. The number of alkyl halides is 3. The van der Waals surface area contributed by atoms with Crippen molar-refractivity contribution in [1.82, 2.24) is 9.97 Å². The first-order valence-corrected chi connectivity index (χ1v) is 4.17. The molecular formula is C6H8F3N2P. The summed E-state index contributed by atoms with van der Waals surface area (Å²) in [5, 5.41) is 0. The lowest BCUT2D eigenvalue weighted by atomic mass is 10.4. The molecule has 1 atom stereocenters. The predicted molar refractivity (Wildman–Crippen MR) is 42.7 cm³/mol. The Morgan fingerprint density at radius 3 is 2.17 bits per heavy atom. The van der Waals surface area contributed by atoms with Crippen LogP contribution in [0.25, 0.3) is 0 Å². The van der Waals surface area contributed by atoms with Crippen LogP contribution < -0.4 is 0 Å². The Hall–Kier alpha value is -0.700. The summed E-state index contributed by atoms with van der Waals surface area (Å²) in [5.74, 6) is 0. The molecule has 1 aromatic rings. The fraction of sp³-hybridized carbons (Fsp3) is 0.333. The van der Waals surface area contributed by atoms with E-state index in [1.807, 2.05) is 6.66 Å². The Labute approximate surface area is 70.4 Å². The molecule has 0 fully saturated rings. The largest absolute Gasteiger partial charge is 0.433 e. The smallest absolute Gasteiger partial charge is 0.245 e. The van der Waals surface area contributed by atoms with Gasteiger partial charge in [-0.05, 0) is 6.07 Å². The Morgan fingerprint density at radius 1 is 1.33 bits per heavy atom. The van der Waals surface area contributed by atoms with Crippen molar-refractivity contribution >= 4 is 9.24 Å². The van der Waals surface area contributed by atoms with Crippen molar-refractivity contribution in [3.8, 4) is 0 Å². The van der Waals surface area contributed by atoms with Crippen LogP contribution in [0.4, 0.5) is 13.2 Å². The second kappa shape index (κ2) is 5.04. The first-order chi connectivity index (χ1) is 5.61. The van der Waals surface area contributed by atoms with E-state index in [2.05, 4.69) is 19.2 Å². The molecule has 0 radical (unpaired) electrons. The second-order valence-electron chi connectivity index (χ2n) is 1.59. The van der Waals surface area contributed by atoms with E-state index < -0.39 is 11.9 Å². The van der Waals surface area contributed by atoms with Crippen LogP contribution >= 0.6 is 9.24 Å². The van der Waals surface area contributed by atoms with E-state index in [1.54, 1.807) is 0 Å². The first-order valence-electron chi connectivity index (χ1n) is 3.01. The molecule has 0 spiro atoms. The molecule has 0 amide bonds. The molecule has 1 rings (SSSR count). The fourth-order valence-electron chi connectivity index (χ4n) is 0.458. The Morgan fingerprint density at radius 2 is 1.92 bits per heavy atom. The third kappa shape index (κ3) is 3.62. The lowest BCUT2D eigenvalue weighted by Gasteiger charge is -2.02. The highest BCUT2D eigenvalue weighted by molar-refractivity contribution is 7.15. The molecule has 2 nitrogen and oxygen atoms in total. The SMILES string of the molecule is CP.FC(F)(F)c1ccncn1. The van der Waals surface area contributed by atoms with E-state index in [9.17, 15) is 13.2 Å². The minimum atomic E-state index is -4.36. The third-order valence-electron chi connectivity index (χ3n) is 0.872. The van der Waals surface area contributed by atoms with Crippen molar-refractivity contribution in [2.24, 2.45) is 0 Å². The van der Waals surface area contributed by atoms with Gasteiger partial charge in [0.2, 0.25) is 0 Å². The van der Waals surface area contributed by atoms with Gasteiger partial charge in [-0.3, -0.25) is 0 Å². The summed E-state index contributed by atoms with van der Waals surface area (Å²) in [5.41, 5.74) is -0.914. The maximum atomic E-state index is 11.7. The summed E-state index contributed by atoms with van der Waals surface area (Å²) in [7, 11) is 2.42. The average molecular weight is 196 g/mol. The summed E-state index contributed by atoms with van der Waals surface area (Å²) in [6.45, 7) is 1.92. The van der Waals surface area contributed by atoms with E-state index >= 15 is 0 Å². The second-order valence-corrected chi connectivity index (χ2v) is 1.59. The Kier molecular flexibility index (Phi) is 4.74. The molecule has 1 aromatic heterocycles. The normalized spacial score (nSPS) is 10.1. The average Bonchev–Trinajstić information content (AvgIpc) is 2.08. The molecule has 0 N–H and O–H groups in total. The van der Waals surface area contributed by atoms with Gasteiger partial charge in [-0.1, -0.05) is 6.66 Å². The number of aromatic nitrogens is 2. The van der Waals surface area contributed by atoms with Gasteiger partial charge in [0, 0.05) is 6.20 Å². The number of hydrogen-bond donors (Lipinski definition) is 0. The number of halogens is 3. The molecule has 0 aliphatic carbocycles. The van der Waals surface area contributed by atoms with Crippen LogP contribution in [0.5, 0.6) is 0 Å². The maximum Gasteiger partial charge on any atom is 0.433 e. The van der Waals surface area contributed by atoms with Gasteiger partial charge in [-0.2, -0.15) is 13.2 Å². The molecule has 68 valence electrons. The minimum absolute atomic E-state index is 0.819. The molecule has 6 heteroatoms. The van der Waals surface area contributed by atoms with E-state index in [0.29, 0.717) is 0 Å². The van der Waals surface area contributed by atoms with E-state index in [0.717, 1.165) is 18.6 Å². The minimum Gasteiger partial charge on any atom is -0.245 e. The lowest BCUT2D eigenvalue weighted by Crippen LogP contribution is -2.07. The molecular weight excluding hydrogens is 188 g/mol. The third-order valence-corrected chi connectivity index (χ3v) is 0.872. The summed E-state index contributed by atoms with van der Waals surface area (Å²) in [4.78, 5) is 6.36. The van der Waals surface area contributed by atoms with Crippen molar-refractivity contribution in [3.05, 3.63) is 24.3 Å². The first kappa shape index (κ1) is 11.3. The van der Waals surface area contributed by atoms with Gasteiger partial charge in [0.25, 0.3) is 0 Å². The van der Waals surface area contributed by atoms with Crippen LogP contribution in [-0.4, -0.2) is 16.6 Å². The van der Waals surface area contributed by atoms with Crippen LogP contribution in [0.3, 0.4) is 0 Å². The maximum absolute atomic E-state index is 11.7. The molecule has 1 heterocycles. The molecule has 12 heavy (non-hydrogen) atoms. The molecule has 1 unspecified atom stereocenters. The summed E-state index contributed by atoms with van der Waals surface area (Å²) in [6.07, 6.45) is -2.44. The van der Waals surface area contributed by atoms with Gasteiger partial charge in [0.1, 0.15) is 12.0 Å². The lowest BCUT2D eigenvalue weighted by molar-refractivity contribution is -0.141. The van der Waals surface area contributed by atoms with Crippen LogP contribution in [0.2, 0.25) is 0 Å². The van der Waals surface area contributed by atoms with Crippen LogP contribution in [-0.2, 0) is 6.18 Å². The van der Waals surface area contributed by atoms with Crippen molar-refractivity contribution < 1.29 is 13.2 Å². The molecule has 0 bridgehead atoms. The van der Waals surface area contributed by atoms with E-state index in [1.165, 1.54) is 0 Å². The van der Waals surface area contributed by atoms with Crippen molar-refractivity contribution in [1.29, 1.82) is 0 Å². The van der Waals surface area contributed by atoms with E-state index in [4.69, 9.17) is 0 Å². The predicted octanol–water partition coefficient (Wildman–Crippen LogP) is 1.99. The highest BCUT2D eigenvalue weighted by Crippen LogP contribution is 2.26. The molecule has 0 aromatic carbocycles. The molecule has 0 aliphatic heterocycles. The van der Waals surface area contributed by atoms with Crippen molar-refractivity contribution in [2.45, 2.75) is 6.18 Å². The summed E-state index contributed by atoms with van der Waals surface area (Å²) >= 11 is 0. The van der Waals surface area contributed by atoms with Gasteiger partial charge in [0.05, 0.1) is 0 Å². The van der Waals surface area contributed by atoms with Gasteiger partial charge in [-0.25, -0.2) is 9.97 Å². The van der Waals surface area contributed by atoms with Crippen LogP contribution in [0, 0.1) is 0 Å². The van der Waals surface area contributed by atoms with Crippen LogP contribution in [0.1, 0.15) is 5.69 Å². The zero-order valence-corrected chi connectivity index (χ0v) is 7.49. The Balaban J connectivity index is 0.000000561. The van der Waals surface area contributed by atoms with Gasteiger partial charge in [-0.15, -0.1) is 9.24 Å². The van der Waals surface area contributed by atoms with Gasteiger partial charge >= 0.3 is 6.18 Å². The molecule has 0 saturated heterocycles. The van der Waals surface area contributed by atoms with Crippen molar-refractivity contribution in [2.75, 3.05) is 6.66 Å². The van der Waals surface area contributed by atoms with Gasteiger partial charge in [0.15, 0.2) is 0 Å². The quantitative estimate of drug-likeness (QED) is 0.593. The number of rotatable bonds is 0. The zero-order chi connectivity index (χ0) is 9.61. The number of nitrogens with zero attached hydrogens (tertiary/aromatic N) is 2. The Bertz CT molecular complexity index is 212. The summed E-state index contributed by atoms with van der Waals surface area (Å²) < 4.78 is 35.1. The van der Waals surface area contributed by atoms with Gasteiger partial charge < -0.3 is 0 Å². The summed E-state index contributed by atoms with van der Waals surface area (Å²) in [6, 6.07) is 0.819. The standard InChI is InChI=1S/C5H3F3N2.CH5P/c6-5(7,8)4-1-2-9-3-10-4;1-2/h1-3H;2H2,1H3. The highest BCUT2D eigenvalue weighted by Gasteiger charge is 2.31. The molecule has 0 aliphatic rings. The topological polar surface area (TPSA) is 25.8 Å². The monoisotopic (exact) mass is 196 g/mol. The van der Waals surface area contributed by atoms with E-state index in [-0.39, 0.29) is 0 Å². The zero-order valence-electron chi connectivity index (χ0n) is 6.34. The fourth-order valence-corrected chi connectivity index (χ4v) is 0.458. The molecule has 0 saturated carbocycles. The van der Waals surface area contributed by atoms with Crippen molar-refractivity contribution in [3.63, 3.8) is 0 Å². The highest BCUT2D eigenvalue weighted by atomic mass is 31.0.